The standard InChI is InChI=1S/C7H16P/c1-6(2)8-7(3,4)5/h6H,1-5H3. The second kappa shape index (κ2) is 2.82. The molecule has 0 amide bonds. The van der Waals surface area contributed by atoms with Gasteiger partial charge in [0, 0.05) is 0 Å². The normalized spacial score (nSPS) is 14.2. The molecule has 49 valence electrons. The molecule has 8 heavy (non-hydrogen) atoms. The van der Waals surface area contributed by atoms with Gasteiger partial charge in [0.15, 0.2) is 0 Å². The predicted octanol–water partition coefficient (Wildman–Crippen LogP) is 3.14. The summed E-state index contributed by atoms with van der Waals surface area (Å²) < 4.78 is 0. The Hall–Kier alpha value is 0.430. The lowest BCUT2D eigenvalue weighted by Crippen LogP contribution is -2.08. The maximum atomic E-state index is 2.27. The molecular formula is C7H16P. The third-order valence-electron chi connectivity index (χ3n) is 0.645. The van der Waals surface area contributed by atoms with E-state index >= 15 is 0 Å². The zero-order chi connectivity index (χ0) is 6.78. The second-order valence-electron chi connectivity index (χ2n) is 3.39. The fourth-order valence-corrected chi connectivity index (χ4v) is 2.32. The highest BCUT2D eigenvalue weighted by Crippen LogP contribution is 2.34. The molecule has 0 aliphatic carbocycles. The van der Waals surface area contributed by atoms with Crippen LogP contribution in [0.15, 0.2) is 0 Å². The van der Waals surface area contributed by atoms with Crippen LogP contribution in [0, 0.1) is 0 Å². The second-order valence-corrected chi connectivity index (χ2v) is 6.03. The van der Waals surface area contributed by atoms with Crippen LogP contribution in [0.5, 0.6) is 0 Å². The molecule has 0 spiro atoms. The lowest BCUT2D eigenvalue weighted by molar-refractivity contribution is 0.784. The van der Waals surface area contributed by atoms with Gasteiger partial charge in [0.05, 0.1) is 0 Å². The number of hydrogen-bond acceptors (Lipinski definition) is 0. The van der Waals surface area contributed by atoms with E-state index in [0.717, 1.165) is 5.66 Å². The van der Waals surface area contributed by atoms with Crippen LogP contribution < -0.4 is 0 Å². The average molecular weight is 131 g/mol. The molecule has 0 fully saturated rings. The Morgan fingerprint density at radius 1 is 1.12 bits per heavy atom. The summed E-state index contributed by atoms with van der Waals surface area (Å²) in [5.74, 6) is 0. The minimum atomic E-state index is 0.494. The summed E-state index contributed by atoms with van der Waals surface area (Å²) in [5.41, 5.74) is 0.815. The first-order valence-corrected chi connectivity index (χ1v) is 4.10. The van der Waals surface area contributed by atoms with E-state index in [-0.39, 0.29) is 0 Å². The van der Waals surface area contributed by atoms with E-state index in [4.69, 9.17) is 0 Å². The Balaban J connectivity index is 3.39. The van der Waals surface area contributed by atoms with Gasteiger partial charge in [-0.15, -0.1) is 0 Å². The van der Waals surface area contributed by atoms with E-state index in [1.807, 2.05) is 0 Å². The van der Waals surface area contributed by atoms with Crippen LogP contribution in [-0.2, 0) is 0 Å². The summed E-state index contributed by atoms with van der Waals surface area (Å²) in [5, 5.41) is 0.494. The maximum Gasteiger partial charge on any atom is -0.0138 e. The molecule has 0 bridgehead atoms. The van der Waals surface area contributed by atoms with Crippen molar-refractivity contribution in [3.05, 3.63) is 0 Å². The van der Waals surface area contributed by atoms with Crippen LogP contribution in [-0.4, -0.2) is 10.8 Å². The van der Waals surface area contributed by atoms with Gasteiger partial charge in [0.25, 0.3) is 0 Å². The zero-order valence-corrected chi connectivity index (χ0v) is 7.42. The largest absolute Gasteiger partial charge is 0.0721 e. The molecular weight excluding hydrogens is 115 g/mol. The van der Waals surface area contributed by atoms with E-state index in [9.17, 15) is 0 Å². The highest BCUT2D eigenvalue weighted by atomic mass is 31.1. The van der Waals surface area contributed by atoms with Crippen molar-refractivity contribution in [3.63, 3.8) is 0 Å². The monoisotopic (exact) mass is 131 g/mol. The van der Waals surface area contributed by atoms with Gasteiger partial charge in [-0.1, -0.05) is 43.2 Å². The summed E-state index contributed by atoms with van der Waals surface area (Å²) in [7, 11) is 1.55. The van der Waals surface area contributed by atoms with Crippen molar-refractivity contribution in [1.29, 1.82) is 0 Å². The summed E-state index contributed by atoms with van der Waals surface area (Å²) >= 11 is 0. The van der Waals surface area contributed by atoms with Gasteiger partial charge in [0.2, 0.25) is 0 Å². The minimum Gasteiger partial charge on any atom is -0.0721 e. The molecule has 0 aromatic heterocycles. The number of rotatable bonds is 1. The van der Waals surface area contributed by atoms with E-state index < -0.39 is 0 Å². The lowest BCUT2D eigenvalue weighted by Gasteiger charge is -2.19. The van der Waals surface area contributed by atoms with Gasteiger partial charge in [-0.3, -0.25) is 0 Å². The molecule has 0 aromatic carbocycles. The van der Waals surface area contributed by atoms with E-state index in [0.29, 0.717) is 5.16 Å². The van der Waals surface area contributed by atoms with E-state index in [2.05, 4.69) is 34.6 Å². The Bertz CT molecular complexity index is 59.3. The number of hydrogen-bond donors (Lipinski definition) is 0. The van der Waals surface area contributed by atoms with Crippen LogP contribution in [0.2, 0.25) is 0 Å². The molecule has 0 atom stereocenters. The average Bonchev–Trinajstić information content (AvgIpc) is 1.21. The van der Waals surface area contributed by atoms with Gasteiger partial charge >= 0.3 is 0 Å². The van der Waals surface area contributed by atoms with Crippen LogP contribution in [0.4, 0.5) is 0 Å². The molecule has 0 nitrogen and oxygen atoms in total. The first-order valence-electron chi connectivity index (χ1n) is 3.14. The Morgan fingerprint density at radius 2 is 1.50 bits per heavy atom. The highest BCUT2D eigenvalue weighted by molar-refractivity contribution is 7.40. The summed E-state index contributed by atoms with van der Waals surface area (Å²) in [6, 6.07) is 0. The van der Waals surface area contributed by atoms with Gasteiger partial charge in [-0.25, -0.2) is 0 Å². The fourth-order valence-electron chi connectivity index (χ4n) is 0.775. The van der Waals surface area contributed by atoms with Crippen LogP contribution in [0.3, 0.4) is 0 Å². The predicted molar refractivity (Wildman–Crippen MR) is 41.8 cm³/mol. The van der Waals surface area contributed by atoms with Crippen LogP contribution in [0.25, 0.3) is 0 Å². The molecule has 0 aliphatic rings. The van der Waals surface area contributed by atoms with E-state index in [1.54, 1.807) is 8.58 Å². The van der Waals surface area contributed by atoms with Crippen LogP contribution in [0.1, 0.15) is 34.6 Å². The minimum absolute atomic E-state index is 0.494. The molecule has 0 aliphatic heterocycles. The van der Waals surface area contributed by atoms with Gasteiger partial charge in [-0.05, 0) is 10.8 Å². The zero-order valence-electron chi connectivity index (χ0n) is 6.52. The lowest BCUT2D eigenvalue weighted by atomic mass is 10.3. The Morgan fingerprint density at radius 3 is 1.50 bits per heavy atom. The van der Waals surface area contributed by atoms with Gasteiger partial charge in [-0.2, -0.15) is 0 Å². The molecule has 0 saturated heterocycles. The third kappa shape index (κ3) is 6.43. The fraction of sp³-hybridized carbons (Fsp3) is 1.00. The smallest absolute Gasteiger partial charge is 0.0138 e. The molecule has 0 aromatic rings. The maximum absolute atomic E-state index is 2.27. The summed E-state index contributed by atoms with van der Waals surface area (Å²) in [4.78, 5) is 0. The van der Waals surface area contributed by atoms with Gasteiger partial charge < -0.3 is 0 Å². The molecule has 0 heterocycles. The van der Waals surface area contributed by atoms with E-state index in [1.165, 1.54) is 0 Å². The molecule has 0 unspecified atom stereocenters. The third-order valence-corrected chi connectivity index (χ3v) is 1.94. The van der Waals surface area contributed by atoms with Crippen molar-refractivity contribution < 1.29 is 0 Å². The van der Waals surface area contributed by atoms with Crippen molar-refractivity contribution in [2.24, 2.45) is 0 Å². The molecule has 0 saturated carbocycles. The van der Waals surface area contributed by atoms with Crippen molar-refractivity contribution >= 4 is 8.58 Å². The summed E-state index contributed by atoms with van der Waals surface area (Å²) in [6.07, 6.45) is 0. The molecule has 0 rings (SSSR count). The first-order chi connectivity index (χ1) is 3.42. The Labute approximate surface area is 54.8 Å². The first kappa shape index (κ1) is 8.43. The summed E-state index contributed by atoms with van der Waals surface area (Å²) in [6.45, 7) is 11.3. The van der Waals surface area contributed by atoms with Gasteiger partial charge in [0.1, 0.15) is 0 Å². The van der Waals surface area contributed by atoms with Crippen LogP contribution >= 0.6 is 8.58 Å². The molecule has 1 heteroatoms. The molecule has 0 N–H and O–H groups in total. The Kier molecular flexibility index (Phi) is 2.98. The topological polar surface area (TPSA) is 0 Å². The molecule has 1 radical (unpaired) electrons. The van der Waals surface area contributed by atoms with Crippen molar-refractivity contribution in [2.45, 2.75) is 45.4 Å². The van der Waals surface area contributed by atoms with Crippen molar-refractivity contribution in [3.8, 4) is 0 Å². The quantitative estimate of drug-likeness (QED) is 0.479. The van der Waals surface area contributed by atoms with Crippen molar-refractivity contribution in [1.82, 2.24) is 0 Å². The highest BCUT2D eigenvalue weighted by Gasteiger charge is 2.11. The van der Waals surface area contributed by atoms with Crippen molar-refractivity contribution in [2.75, 3.05) is 0 Å². The SMILES string of the molecule is CC(C)[P]C(C)(C)C.